The molecule has 0 radical (unpaired) electrons. The summed E-state index contributed by atoms with van der Waals surface area (Å²) >= 11 is 0. The largest absolute Gasteiger partial charge is 0.502 e. The first-order chi connectivity index (χ1) is 15.9. The van der Waals surface area contributed by atoms with Crippen LogP contribution in [0.25, 0.3) is 0 Å². The van der Waals surface area contributed by atoms with Gasteiger partial charge in [-0.05, 0) is 32.0 Å². The van der Waals surface area contributed by atoms with Crippen molar-refractivity contribution in [3.8, 4) is 23.0 Å². The maximum absolute atomic E-state index is 12.7. The normalized spacial score (nSPS) is 15.0. The summed E-state index contributed by atoms with van der Waals surface area (Å²) in [7, 11) is 5.73. The molecule has 1 N–H and O–H groups in total. The van der Waals surface area contributed by atoms with E-state index in [1.165, 1.54) is 40.9 Å². The molecule has 0 spiro atoms. The quantitative estimate of drug-likeness (QED) is 0.564. The smallest absolute Gasteiger partial charge is 0.306 e. The highest BCUT2D eigenvalue weighted by atomic mass is 16.5. The van der Waals surface area contributed by atoms with E-state index in [0.717, 1.165) is 25.9 Å². The third-order valence-corrected chi connectivity index (χ3v) is 5.85. The Kier molecular flexibility index (Phi) is 8.21. The number of methoxy groups -OCH3 is 4. The number of carbonyl (C=O) groups excluding carboxylic acids is 1. The number of hydrogen-bond acceptors (Lipinski definition) is 9. The number of likely N-dealkylation sites (tertiary alicyclic amines) is 1. The van der Waals surface area contributed by atoms with Gasteiger partial charge in [0.1, 0.15) is 11.5 Å². The number of benzene rings is 1. The molecule has 0 aliphatic carbocycles. The fraction of sp³-hybridized carbons (Fsp3) is 0.500. The SMILES string of the molecule is COC(=O)C[C@H](c1cc(OC)c(OC)cc1OC)c1oc(CN2CCCCC2)cc(=O)c1O. The molecule has 33 heavy (non-hydrogen) atoms. The summed E-state index contributed by atoms with van der Waals surface area (Å²) in [6.07, 6.45) is 3.17. The minimum absolute atomic E-state index is 0.0228. The summed E-state index contributed by atoms with van der Waals surface area (Å²) in [5.74, 6) is -0.349. The lowest BCUT2D eigenvalue weighted by Gasteiger charge is -2.26. The maximum atomic E-state index is 12.7. The molecular formula is C24H31NO8. The van der Waals surface area contributed by atoms with Crippen LogP contribution in [0.2, 0.25) is 0 Å². The molecule has 0 amide bonds. The average molecular weight is 462 g/mol. The molecule has 1 aromatic carbocycles. The Morgan fingerprint density at radius 1 is 1.00 bits per heavy atom. The van der Waals surface area contributed by atoms with Crippen molar-refractivity contribution < 1.29 is 33.3 Å². The van der Waals surface area contributed by atoms with Crippen molar-refractivity contribution in [3.63, 3.8) is 0 Å². The third kappa shape index (κ3) is 5.60. The molecule has 0 unspecified atom stereocenters. The molecular weight excluding hydrogens is 430 g/mol. The van der Waals surface area contributed by atoms with Gasteiger partial charge in [-0.1, -0.05) is 6.42 Å². The minimum atomic E-state index is -0.860. The Hall–Kier alpha value is -3.20. The van der Waals surface area contributed by atoms with Crippen molar-refractivity contribution in [3.05, 3.63) is 45.5 Å². The highest BCUT2D eigenvalue weighted by Crippen LogP contribution is 2.43. The molecule has 180 valence electrons. The molecule has 1 aromatic heterocycles. The lowest BCUT2D eigenvalue weighted by molar-refractivity contribution is -0.140. The first-order valence-corrected chi connectivity index (χ1v) is 10.9. The molecule has 2 heterocycles. The Bertz CT molecular complexity index is 1030. The van der Waals surface area contributed by atoms with Crippen LogP contribution >= 0.6 is 0 Å². The molecule has 1 fully saturated rings. The molecule has 0 saturated carbocycles. The van der Waals surface area contributed by atoms with Gasteiger partial charge in [0.25, 0.3) is 0 Å². The maximum Gasteiger partial charge on any atom is 0.306 e. The van der Waals surface area contributed by atoms with E-state index in [9.17, 15) is 14.7 Å². The van der Waals surface area contributed by atoms with E-state index in [4.69, 9.17) is 23.4 Å². The first-order valence-electron chi connectivity index (χ1n) is 10.9. The van der Waals surface area contributed by atoms with E-state index < -0.39 is 23.1 Å². The number of carbonyl (C=O) groups is 1. The molecule has 1 saturated heterocycles. The van der Waals surface area contributed by atoms with Crippen LogP contribution in [0.15, 0.2) is 27.4 Å². The number of piperidine rings is 1. The van der Waals surface area contributed by atoms with E-state index in [-0.39, 0.29) is 12.2 Å². The van der Waals surface area contributed by atoms with Gasteiger partial charge in [-0.25, -0.2) is 0 Å². The Balaban J connectivity index is 2.13. The number of esters is 1. The highest BCUT2D eigenvalue weighted by molar-refractivity contribution is 5.72. The van der Waals surface area contributed by atoms with E-state index in [2.05, 4.69) is 4.90 Å². The zero-order valence-electron chi connectivity index (χ0n) is 19.5. The van der Waals surface area contributed by atoms with Gasteiger partial charge in [0, 0.05) is 17.7 Å². The Morgan fingerprint density at radius 2 is 1.64 bits per heavy atom. The predicted octanol–water partition coefficient (Wildman–Crippen LogP) is 3.05. The third-order valence-electron chi connectivity index (χ3n) is 5.85. The summed E-state index contributed by atoms with van der Waals surface area (Å²) in [5.41, 5.74) is -0.0910. The standard InChI is InChI=1S/C24H31NO8/c1-29-19-13-21(31-3)20(30-2)11-16(19)17(12-22(27)32-4)24-23(28)18(26)10-15(33-24)14-25-8-6-5-7-9-25/h10-11,13,17,28H,5-9,12,14H2,1-4H3/t17-/m1/s1. The summed E-state index contributed by atoms with van der Waals surface area (Å²) in [6, 6.07) is 4.56. The average Bonchev–Trinajstić information content (AvgIpc) is 2.84. The molecule has 1 aliphatic heterocycles. The van der Waals surface area contributed by atoms with Gasteiger partial charge in [0.2, 0.25) is 11.2 Å². The monoisotopic (exact) mass is 461 g/mol. The van der Waals surface area contributed by atoms with Crippen molar-refractivity contribution in [1.82, 2.24) is 4.90 Å². The predicted molar refractivity (Wildman–Crippen MR) is 120 cm³/mol. The van der Waals surface area contributed by atoms with Crippen LogP contribution in [-0.2, 0) is 16.1 Å². The van der Waals surface area contributed by atoms with Crippen molar-refractivity contribution in [1.29, 1.82) is 0 Å². The molecule has 9 heteroatoms. The summed E-state index contributed by atoms with van der Waals surface area (Å²) in [5, 5.41) is 10.7. The number of rotatable bonds is 9. The second kappa shape index (κ2) is 11.1. The van der Waals surface area contributed by atoms with Gasteiger partial charge in [-0.3, -0.25) is 14.5 Å². The van der Waals surface area contributed by atoms with Gasteiger partial charge in [0.05, 0.1) is 47.3 Å². The van der Waals surface area contributed by atoms with Gasteiger partial charge in [-0.15, -0.1) is 0 Å². The zero-order valence-corrected chi connectivity index (χ0v) is 19.5. The molecule has 9 nitrogen and oxygen atoms in total. The Labute approximate surface area is 192 Å². The number of hydrogen-bond donors (Lipinski definition) is 1. The topological polar surface area (TPSA) is 108 Å². The number of ether oxygens (including phenoxy) is 4. The first kappa shape index (κ1) is 24.4. The van der Waals surface area contributed by atoms with Crippen molar-refractivity contribution >= 4 is 5.97 Å². The Morgan fingerprint density at radius 3 is 2.24 bits per heavy atom. The van der Waals surface area contributed by atoms with E-state index in [1.54, 1.807) is 12.1 Å². The zero-order chi connectivity index (χ0) is 24.0. The summed E-state index contributed by atoms with van der Waals surface area (Å²) in [6.45, 7) is 2.26. The molecule has 1 aliphatic rings. The molecule has 2 aromatic rings. The molecule has 1 atom stereocenters. The van der Waals surface area contributed by atoms with E-state index >= 15 is 0 Å². The fourth-order valence-electron chi connectivity index (χ4n) is 4.13. The van der Waals surface area contributed by atoms with Crippen LogP contribution in [0.1, 0.15) is 48.7 Å². The lowest BCUT2D eigenvalue weighted by Crippen LogP contribution is -2.29. The van der Waals surface area contributed by atoms with E-state index in [0.29, 0.717) is 35.1 Å². The van der Waals surface area contributed by atoms with Gasteiger partial charge in [-0.2, -0.15) is 0 Å². The van der Waals surface area contributed by atoms with Gasteiger partial charge >= 0.3 is 5.97 Å². The van der Waals surface area contributed by atoms with Crippen molar-refractivity contribution in [2.45, 2.75) is 38.1 Å². The molecule has 3 rings (SSSR count). The van der Waals surface area contributed by atoms with Crippen LogP contribution < -0.4 is 19.6 Å². The van der Waals surface area contributed by atoms with Crippen LogP contribution in [-0.4, -0.2) is 57.5 Å². The second-order valence-electron chi connectivity index (χ2n) is 7.91. The number of nitrogens with zero attached hydrogens (tertiary/aromatic N) is 1. The van der Waals surface area contributed by atoms with Gasteiger partial charge in [0.15, 0.2) is 17.3 Å². The second-order valence-corrected chi connectivity index (χ2v) is 7.91. The summed E-state index contributed by atoms with van der Waals surface area (Å²) < 4.78 is 27.2. The van der Waals surface area contributed by atoms with Crippen LogP contribution in [0.3, 0.4) is 0 Å². The fourth-order valence-corrected chi connectivity index (χ4v) is 4.13. The minimum Gasteiger partial charge on any atom is -0.502 e. The van der Waals surface area contributed by atoms with Crippen molar-refractivity contribution in [2.75, 3.05) is 41.5 Å². The van der Waals surface area contributed by atoms with Crippen LogP contribution in [0, 0.1) is 0 Å². The number of aromatic hydroxyl groups is 1. The van der Waals surface area contributed by atoms with Crippen molar-refractivity contribution in [2.24, 2.45) is 0 Å². The van der Waals surface area contributed by atoms with E-state index in [1.807, 2.05) is 0 Å². The lowest BCUT2D eigenvalue weighted by atomic mass is 9.91. The van der Waals surface area contributed by atoms with Gasteiger partial charge < -0.3 is 28.5 Å². The van der Waals surface area contributed by atoms with Crippen LogP contribution in [0.5, 0.6) is 23.0 Å². The summed E-state index contributed by atoms with van der Waals surface area (Å²) in [4.78, 5) is 27.2. The molecule has 0 bridgehead atoms. The highest BCUT2D eigenvalue weighted by Gasteiger charge is 2.30. The van der Waals surface area contributed by atoms with Crippen LogP contribution in [0.4, 0.5) is 0 Å².